The van der Waals surface area contributed by atoms with Gasteiger partial charge in [-0.1, -0.05) is 12.1 Å². The molecule has 6 heteroatoms. The highest BCUT2D eigenvalue weighted by atomic mass is 16.5. The van der Waals surface area contributed by atoms with Crippen LogP contribution in [-0.2, 0) is 11.2 Å². The van der Waals surface area contributed by atoms with Crippen LogP contribution < -0.4 is 15.8 Å². The largest absolute Gasteiger partial charge is 0.482 e. The number of primary amides is 1. The zero-order valence-corrected chi connectivity index (χ0v) is 9.18. The molecule has 0 aliphatic rings. The maximum atomic E-state index is 10.4. The predicted molar refractivity (Wildman–Crippen MR) is 60.9 cm³/mol. The van der Waals surface area contributed by atoms with E-state index in [1.807, 2.05) is 0 Å². The van der Waals surface area contributed by atoms with E-state index in [4.69, 9.17) is 15.6 Å². The summed E-state index contributed by atoms with van der Waals surface area (Å²) in [5.41, 5.74) is 5.92. The van der Waals surface area contributed by atoms with Crippen LogP contribution in [-0.4, -0.2) is 30.3 Å². The Bertz CT molecular complexity index is 389. The lowest BCUT2D eigenvalue weighted by molar-refractivity contribution is -0.139. The van der Waals surface area contributed by atoms with Crippen molar-refractivity contribution in [2.75, 3.05) is 13.2 Å². The molecule has 0 aromatic heterocycles. The minimum absolute atomic E-state index is 0.359. The van der Waals surface area contributed by atoms with Gasteiger partial charge in [0.25, 0.3) is 0 Å². The molecule has 17 heavy (non-hydrogen) atoms. The molecular weight excluding hydrogens is 224 g/mol. The molecule has 0 bridgehead atoms. The normalized spacial score (nSPS) is 9.65. The number of aliphatic carboxylic acids is 1. The summed E-state index contributed by atoms with van der Waals surface area (Å²) in [6, 6.07) is 6.43. The minimum atomic E-state index is -1.01. The van der Waals surface area contributed by atoms with Crippen LogP contribution in [0.3, 0.4) is 0 Å². The molecule has 92 valence electrons. The Labute approximate surface area is 98.4 Å². The number of rotatable bonds is 6. The zero-order chi connectivity index (χ0) is 12.7. The van der Waals surface area contributed by atoms with Gasteiger partial charge in [0.2, 0.25) is 0 Å². The second kappa shape index (κ2) is 6.37. The van der Waals surface area contributed by atoms with Crippen molar-refractivity contribution in [3.05, 3.63) is 29.8 Å². The van der Waals surface area contributed by atoms with E-state index < -0.39 is 12.0 Å². The Balaban J connectivity index is 2.39. The first-order chi connectivity index (χ1) is 8.08. The highest BCUT2D eigenvalue weighted by Crippen LogP contribution is 2.12. The number of nitrogens with two attached hydrogens (primary N) is 1. The number of ether oxygens (including phenoxy) is 1. The van der Waals surface area contributed by atoms with Crippen LogP contribution in [0.1, 0.15) is 5.56 Å². The number of benzene rings is 1. The lowest BCUT2D eigenvalue weighted by Crippen LogP contribution is -2.30. The first-order valence-corrected chi connectivity index (χ1v) is 5.05. The summed E-state index contributed by atoms with van der Waals surface area (Å²) < 4.78 is 4.98. The van der Waals surface area contributed by atoms with Crippen molar-refractivity contribution in [1.29, 1.82) is 0 Å². The topological polar surface area (TPSA) is 102 Å². The van der Waals surface area contributed by atoms with Gasteiger partial charge >= 0.3 is 12.0 Å². The lowest BCUT2D eigenvalue weighted by Gasteiger charge is -2.05. The van der Waals surface area contributed by atoms with Crippen molar-refractivity contribution >= 4 is 12.0 Å². The summed E-state index contributed by atoms with van der Waals surface area (Å²) in [5, 5.41) is 10.9. The fraction of sp³-hybridized carbons (Fsp3) is 0.273. The standard InChI is InChI=1S/C11H14N2O4/c12-11(16)13-6-5-8-1-3-9(4-2-8)17-7-10(14)15/h1-4H,5-7H2,(H,14,15)(H3,12,13,16). The van der Waals surface area contributed by atoms with Gasteiger partial charge in [-0.25, -0.2) is 9.59 Å². The van der Waals surface area contributed by atoms with E-state index in [-0.39, 0.29) is 6.61 Å². The summed E-state index contributed by atoms with van der Waals surface area (Å²) in [6.45, 7) is 0.104. The van der Waals surface area contributed by atoms with Crippen molar-refractivity contribution < 1.29 is 19.4 Å². The molecule has 0 saturated carbocycles. The number of nitrogens with one attached hydrogen (secondary N) is 1. The molecule has 1 aromatic carbocycles. The Morgan fingerprint density at radius 2 is 1.94 bits per heavy atom. The smallest absolute Gasteiger partial charge is 0.341 e. The van der Waals surface area contributed by atoms with Crippen molar-refractivity contribution in [2.24, 2.45) is 5.73 Å². The summed E-state index contributed by atoms with van der Waals surface area (Å²) >= 11 is 0. The number of carboxylic acids is 1. The fourth-order valence-corrected chi connectivity index (χ4v) is 1.23. The third-order valence-electron chi connectivity index (χ3n) is 2.00. The minimum Gasteiger partial charge on any atom is -0.482 e. The van der Waals surface area contributed by atoms with Crippen LogP contribution >= 0.6 is 0 Å². The van der Waals surface area contributed by atoms with Crippen molar-refractivity contribution in [2.45, 2.75) is 6.42 Å². The summed E-state index contributed by atoms with van der Waals surface area (Å²) in [5.74, 6) is -0.515. The molecule has 0 fully saturated rings. The molecule has 0 spiro atoms. The van der Waals surface area contributed by atoms with E-state index in [1.54, 1.807) is 24.3 Å². The molecule has 1 aromatic rings. The van der Waals surface area contributed by atoms with E-state index in [0.29, 0.717) is 18.7 Å². The van der Waals surface area contributed by atoms with E-state index >= 15 is 0 Å². The Hall–Kier alpha value is -2.24. The molecule has 0 aliphatic carbocycles. The molecule has 2 amide bonds. The van der Waals surface area contributed by atoms with Gasteiger partial charge in [0.15, 0.2) is 6.61 Å². The third-order valence-corrected chi connectivity index (χ3v) is 2.00. The Morgan fingerprint density at radius 1 is 1.29 bits per heavy atom. The van der Waals surface area contributed by atoms with Gasteiger partial charge in [-0.05, 0) is 24.1 Å². The SMILES string of the molecule is NC(=O)NCCc1ccc(OCC(=O)O)cc1. The second-order valence-electron chi connectivity index (χ2n) is 3.37. The number of carbonyl (C=O) groups is 2. The van der Waals surface area contributed by atoms with Crippen LogP contribution in [0, 0.1) is 0 Å². The van der Waals surface area contributed by atoms with E-state index in [9.17, 15) is 9.59 Å². The van der Waals surface area contributed by atoms with E-state index in [2.05, 4.69) is 5.32 Å². The molecular formula is C11H14N2O4. The average molecular weight is 238 g/mol. The molecule has 0 radical (unpaired) electrons. The summed E-state index contributed by atoms with van der Waals surface area (Å²) in [4.78, 5) is 20.7. The number of carboxylic acid groups (broad SMARTS) is 1. The predicted octanol–water partition coefficient (Wildman–Crippen LogP) is 0.361. The highest BCUT2D eigenvalue weighted by molar-refractivity contribution is 5.71. The van der Waals surface area contributed by atoms with Gasteiger partial charge in [0, 0.05) is 6.54 Å². The lowest BCUT2D eigenvalue weighted by atomic mass is 10.1. The number of amides is 2. The maximum absolute atomic E-state index is 10.4. The van der Waals surface area contributed by atoms with Crippen LogP contribution in [0.25, 0.3) is 0 Å². The molecule has 0 aliphatic heterocycles. The van der Waals surface area contributed by atoms with Crippen molar-refractivity contribution in [3.63, 3.8) is 0 Å². The summed E-state index contributed by atoms with van der Waals surface area (Å²) in [6.07, 6.45) is 0.655. The number of hydrogen-bond acceptors (Lipinski definition) is 3. The quantitative estimate of drug-likeness (QED) is 0.666. The molecule has 0 heterocycles. The van der Waals surface area contributed by atoms with Gasteiger partial charge in [0.05, 0.1) is 0 Å². The zero-order valence-electron chi connectivity index (χ0n) is 9.18. The Morgan fingerprint density at radius 3 is 2.47 bits per heavy atom. The first kappa shape index (κ1) is 12.8. The first-order valence-electron chi connectivity index (χ1n) is 5.05. The molecule has 4 N–H and O–H groups in total. The van der Waals surface area contributed by atoms with Gasteiger partial charge in [0.1, 0.15) is 5.75 Å². The number of hydrogen-bond donors (Lipinski definition) is 3. The molecule has 0 saturated heterocycles. The molecule has 0 unspecified atom stereocenters. The summed E-state index contributed by atoms with van der Waals surface area (Å²) in [7, 11) is 0. The molecule has 1 rings (SSSR count). The maximum Gasteiger partial charge on any atom is 0.341 e. The molecule has 0 atom stereocenters. The van der Waals surface area contributed by atoms with Gasteiger partial charge in [-0.15, -0.1) is 0 Å². The third kappa shape index (κ3) is 5.41. The van der Waals surface area contributed by atoms with Gasteiger partial charge in [-0.2, -0.15) is 0 Å². The van der Waals surface area contributed by atoms with Crippen LogP contribution in [0.5, 0.6) is 5.75 Å². The molecule has 6 nitrogen and oxygen atoms in total. The van der Waals surface area contributed by atoms with Crippen molar-refractivity contribution in [1.82, 2.24) is 5.32 Å². The Kier molecular flexibility index (Phi) is 4.80. The van der Waals surface area contributed by atoms with E-state index in [0.717, 1.165) is 5.56 Å². The average Bonchev–Trinajstić information content (AvgIpc) is 2.27. The van der Waals surface area contributed by atoms with Crippen LogP contribution in [0.2, 0.25) is 0 Å². The number of carbonyl (C=O) groups excluding carboxylic acids is 1. The fourth-order valence-electron chi connectivity index (χ4n) is 1.23. The van der Waals surface area contributed by atoms with Crippen LogP contribution in [0.4, 0.5) is 4.79 Å². The van der Waals surface area contributed by atoms with Crippen molar-refractivity contribution in [3.8, 4) is 5.75 Å². The monoisotopic (exact) mass is 238 g/mol. The van der Waals surface area contributed by atoms with Gasteiger partial charge < -0.3 is 20.9 Å². The van der Waals surface area contributed by atoms with Crippen LogP contribution in [0.15, 0.2) is 24.3 Å². The highest BCUT2D eigenvalue weighted by Gasteiger charge is 1.99. The van der Waals surface area contributed by atoms with E-state index in [1.165, 1.54) is 0 Å². The number of urea groups is 1. The second-order valence-corrected chi connectivity index (χ2v) is 3.37. The van der Waals surface area contributed by atoms with Gasteiger partial charge in [-0.3, -0.25) is 0 Å².